The Balaban J connectivity index is 2.08. The van der Waals surface area contributed by atoms with Crippen LogP contribution in [-0.2, 0) is 6.54 Å². The third-order valence-electron chi connectivity index (χ3n) is 3.53. The number of nitrogens with zero attached hydrogens (tertiary/aromatic N) is 2. The Labute approximate surface area is 123 Å². The van der Waals surface area contributed by atoms with E-state index in [0.717, 1.165) is 27.8 Å². The van der Waals surface area contributed by atoms with E-state index < -0.39 is 0 Å². The molecule has 21 heavy (non-hydrogen) atoms. The average Bonchev–Trinajstić information content (AvgIpc) is 2.49. The van der Waals surface area contributed by atoms with E-state index in [0.29, 0.717) is 6.54 Å². The summed E-state index contributed by atoms with van der Waals surface area (Å²) in [6.45, 7) is 2.43. The van der Waals surface area contributed by atoms with Crippen LogP contribution in [0.15, 0.2) is 53.5 Å². The first-order valence-electron chi connectivity index (χ1n) is 6.91. The molecule has 0 atom stereocenters. The second kappa shape index (κ2) is 5.40. The molecule has 3 rings (SSSR count). The van der Waals surface area contributed by atoms with Gasteiger partial charge in [0.25, 0.3) is 5.56 Å². The SMILES string of the molecule is CNc1nc2ccccc2cc1Cn1ccc(C)cc1=O. The van der Waals surface area contributed by atoms with Crippen molar-refractivity contribution in [2.45, 2.75) is 13.5 Å². The van der Waals surface area contributed by atoms with Gasteiger partial charge in [-0.3, -0.25) is 4.79 Å². The van der Waals surface area contributed by atoms with Crippen molar-refractivity contribution in [3.05, 3.63) is 70.1 Å². The topological polar surface area (TPSA) is 46.9 Å². The summed E-state index contributed by atoms with van der Waals surface area (Å²) >= 11 is 0. The molecule has 3 aromatic rings. The lowest BCUT2D eigenvalue weighted by Gasteiger charge is -2.12. The molecule has 0 saturated heterocycles. The molecule has 0 spiro atoms. The third kappa shape index (κ3) is 2.65. The van der Waals surface area contributed by atoms with Gasteiger partial charge in [-0.2, -0.15) is 0 Å². The zero-order valence-electron chi connectivity index (χ0n) is 12.1. The maximum absolute atomic E-state index is 12.0. The maximum atomic E-state index is 12.0. The molecule has 0 bridgehead atoms. The first kappa shape index (κ1) is 13.4. The molecule has 0 aliphatic heterocycles. The summed E-state index contributed by atoms with van der Waals surface area (Å²) in [6.07, 6.45) is 1.83. The lowest BCUT2D eigenvalue weighted by molar-refractivity contribution is 0.757. The molecular weight excluding hydrogens is 262 g/mol. The van der Waals surface area contributed by atoms with Crippen LogP contribution in [0, 0.1) is 6.92 Å². The van der Waals surface area contributed by atoms with Gasteiger partial charge >= 0.3 is 0 Å². The normalized spacial score (nSPS) is 10.8. The molecule has 0 aliphatic rings. The molecule has 0 unspecified atom stereocenters. The van der Waals surface area contributed by atoms with Crippen LogP contribution < -0.4 is 10.9 Å². The van der Waals surface area contributed by atoms with E-state index >= 15 is 0 Å². The highest BCUT2D eigenvalue weighted by molar-refractivity contribution is 5.81. The summed E-state index contributed by atoms with van der Waals surface area (Å²) < 4.78 is 1.69. The Kier molecular flexibility index (Phi) is 3.44. The van der Waals surface area contributed by atoms with Crippen molar-refractivity contribution in [1.29, 1.82) is 0 Å². The zero-order chi connectivity index (χ0) is 14.8. The number of aromatic nitrogens is 2. The number of benzene rings is 1. The van der Waals surface area contributed by atoms with Gasteiger partial charge in [0.2, 0.25) is 0 Å². The van der Waals surface area contributed by atoms with Crippen LogP contribution in [0.25, 0.3) is 10.9 Å². The summed E-state index contributed by atoms with van der Waals surface area (Å²) in [4.78, 5) is 16.6. The molecule has 0 radical (unpaired) electrons. The fourth-order valence-electron chi connectivity index (χ4n) is 2.42. The molecule has 1 aromatic carbocycles. The number of pyridine rings is 2. The van der Waals surface area contributed by atoms with Crippen molar-refractivity contribution in [3.63, 3.8) is 0 Å². The number of hydrogen-bond acceptors (Lipinski definition) is 3. The molecule has 0 aliphatic carbocycles. The highest BCUT2D eigenvalue weighted by atomic mass is 16.1. The largest absolute Gasteiger partial charge is 0.373 e. The van der Waals surface area contributed by atoms with Crippen LogP contribution in [-0.4, -0.2) is 16.6 Å². The number of anilines is 1. The predicted molar refractivity (Wildman–Crippen MR) is 85.8 cm³/mol. The minimum absolute atomic E-state index is 0.00483. The third-order valence-corrected chi connectivity index (χ3v) is 3.53. The molecule has 2 aromatic heterocycles. The second-order valence-corrected chi connectivity index (χ2v) is 5.11. The molecule has 0 fully saturated rings. The second-order valence-electron chi connectivity index (χ2n) is 5.11. The molecule has 2 heterocycles. The van der Waals surface area contributed by atoms with Crippen molar-refractivity contribution >= 4 is 16.7 Å². The van der Waals surface area contributed by atoms with E-state index in [4.69, 9.17) is 0 Å². The average molecular weight is 279 g/mol. The van der Waals surface area contributed by atoms with E-state index in [1.54, 1.807) is 10.6 Å². The van der Waals surface area contributed by atoms with Crippen molar-refractivity contribution in [1.82, 2.24) is 9.55 Å². The molecule has 1 N–H and O–H groups in total. The van der Waals surface area contributed by atoms with E-state index in [1.807, 2.05) is 50.5 Å². The lowest BCUT2D eigenvalue weighted by Crippen LogP contribution is -2.20. The van der Waals surface area contributed by atoms with Gasteiger partial charge in [0.15, 0.2) is 0 Å². The molecule has 4 heteroatoms. The summed E-state index contributed by atoms with van der Waals surface area (Å²) in [5, 5.41) is 4.19. The summed E-state index contributed by atoms with van der Waals surface area (Å²) in [5.41, 5.74) is 2.93. The Morgan fingerprint density at radius 1 is 1.19 bits per heavy atom. The van der Waals surface area contributed by atoms with Gasteiger partial charge in [0, 0.05) is 30.3 Å². The maximum Gasteiger partial charge on any atom is 0.251 e. The molecule has 4 nitrogen and oxygen atoms in total. The summed E-state index contributed by atoms with van der Waals surface area (Å²) in [7, 11) is 1.85. The van der Waals surface area contributed by atoms with Crippen LogP contribution in [0.4, 0.5) is 5.82 Å². The number of hydrogen-bond donors (Lipinski definition) is 1. The van der Waals surface area contributed by atoms with Crippen LogP contribution in [0.5, 0.6) is 0 Å². The number of aryl methyl sites for hydroxylation is 1. The summed E-state index contributed by atoms with van der Waals surface area (Å²) in [5.74, 6) is 0.807. The predicted octanol–water partition coefficient (Wildman–Crippen LogP) is 2.79. The Bertz CT molecular complexity index is 852. The van der Waals surface area contributed by atoms with Crippen molar-refractivity contribution in [3.8, 4) is 0 Å². The van der Waals surface area contributed by atoms with Gasteiger partial charge in [0.05, 0.1) is 12.1 Å². The van der Waals surface area contributed by atoms with Crippen LogP contribution in [0.3, 0.4) is 0 Å². The van der Waals surface area contributed by atoms with Crippen LogP contribution >= 0.6 is 0 Å². The number of nitrogens with one attached hydrogen (secondary N) is 1. The van der Waals surface area contributed by atoms with Crippen LogP contribution in [0.2, 0.25) is 0 Å². The van der Waals surface area contributed by atoms with Gasteiger partial charge in [-0.05, 0) is 30.7 Å². The molecule has 0 amide bonds. The van der Waals surface area contributed by atoms with E-state index in [1.165, 1.54) is 0 Å². The minimum atomic E-state index is 0.00483. The Morgan fingerprint density at radius 2 is 2.00 bits per heavy atom. The van der Waals surface area contributed by atoms with Gasteiger partial charge in [0.1, 0.15) is 5.82 Å². The minimum Gasteiger partial charge on any atom is -0.373 e. The fourth-order valence-corrected chi connectivity index (χ4v) is 2.42. The monoisotopic (exact) mass is 279 g/mol. The fraction of sp³-hybridized carbons (Fsp3) is 0.176. The zero-order valence-corrected chi connectivity index (χ0v) is 12.1. The first-order chi connectivity index (χ1) is 10.2. The number of rotatable bonds is 3. The van der Waals surface area contributed by atoms with E-state index in [9.17, 15) is 4.79 Å². The molecule has 0 saturated carbocycles. The van der Waals surface area contributed by atoms with Gasteiger partial charge in [-0.15, -0.1) is 0 Å². The van der Waals surface area contributed by atoms with E-state index in [2.05, 4.69) is 16.4 Å². The highest BCUT2D eigenvalue weighted by Crippen LogP contribution is 2.20. The van der Waals surface area contributed by atoms with Crippen molar-refractivity contribution in [2.24, 2.45) is 0 Å². The van der Waals surface area contributed by atoms with Gasteiger partial charge in [-0.1, -0.05) is 18.2 Å². The van der Waals surface area contributed by atoms with Gasteiger partial charge < -0.3 is 9.88 Å². The van der Waals surface area contributed by atoms with Crippen LogP contribution in [0.1, 0.15) is 11.1 Å². The standard InChI is InChI=1S/C17H17N3O/c1-12-7-8-20(16(21)9-12)11-14-10-13-5-3-4-6-15(13)19-17(14)18-2/h3-10H,11H2,1-2H3,(H,18,19). The van der Waals surface area contributed by atoms with Gasteiger partial charge in [-0.25, -0.2) is 4.98 Å². The number of para-hydroxylation sites is 1. The Hall–Kier alpha value is -2.62. The van der Waals surface area contributed by atoms with E-state index in [-0.39, 0.29) is 5.56 Å². The van der Waals surface area contributed by atoms with Crippen molar-refractivity contribution in [2.75, 3.05) is 12.4 Å². The molecule has 106 valence electrons. The quantitative estimate of drug-likeness (QED) is 0.802. The summed E-state index contributed by atoms with van der Waals surface area (Å²) in [6, 6.07) is 13.6. The molecular formula is C17H17N3O. The highest BCUT2D eigenvalue weighted by Gasteiger charge is 2.07. The lowest BCUT2D eigenvalue weighted by atomic mass is 10.1. The first-order valence-corrected chi connectivity index (χ1v) is 6.91. The number of fused-ring (bicyclic) bond motifs is 1. The Morgan fingerprint density at radius 3 is 2.76 bits per heavy atom. The smallest absolute Gasteiger partial charge is 0.251 e. The van der Waals surface area contributed by atoms with Crippen molar-refractivity contribution < 1.29 is 0 Å².